The van der Waals surface area contributed by atoms with Crippen LogP contribution in [0.4, 0.5) is 0 Å². The fraction of sp³-hybridized carbons (Fsp3) is 1.00. The fourth-order valence-electron chi connectivity index (χ4n) is 2.60. The van der Waals surface area contributed by atoms with E-state index in [1.165, 1.54) is 25.7 Å². The molecule has 0 saturated heterocycles. The Morgan fingerprint density at radius 3 is 2.44 bits per heavy atom. The number of hydrogen-bond donors (Lipinski definition) is 1. The minimum atomic E-state index is 0.878. The second kappa shape index (κ2) is 1.98. The van der Waals surface area contributed by atoms with Crippen molar-refractivity contribution in [2.45, 2.75) is 31.7 Å². The van der Waals surface area contributed by atoms with Gasteiger partial charge in [0.05, 0.1) is 0 Å². The van der Waals surface area contributed by atoms with Crippen molar-refractivity contribution in [2.75, 3.05) is 7.05 Å². The third kappa shape index (κ3) is 0.787. The first-order valence-corrected chi connectivity index (χ1v) is 4.07. The van der Waals surface area contributed by atoms with Gasteiger partial charge in [0.2, 0.25) is 0 Å². The van der Waals surface area contributed by atoms with E-state index >= 15 is 0 Å². The number of hydrogen-bond acceptors (Lipinski definition) is 1. The molecule has 0 aromatic rings. The first-order valence-electron chi connectivity index (χ1n) is 4.07. The molecule has 1 unspecified atom stereocenters. The van der Waals surface area contributed by atoms with Gasteiger partial charge in [-0.05, 0) is 38.1 Å². The summed E-state index contributed by atoms with van der Waals surface area (Å²) in [6, 6.07) is 0.878. The van der Waals surface area contributed by atoms with Gasteiger partial charge in [-0.15, -0.1) is 0 Å². The third-order valence-corrected chi connectivity index (χ3v) is 3.11. The lowest BCUT2D eigenvalue weighted by Gasteiger charge is -2.20. The minimum Gasteiger partial charge on any atom is -0.317 e. The zero-order valence-corrected chi connectivity index (χ0v) is 6.06. The van der Waals surface area contributed by atoms with Gasteiger partial charge < -0.3 is 5.32 Å². The van der Waals surface area contributed by atoms with Crippen LogP contribution in [0.15, 0.2) is 0 Å². The van der Waals surface area contributed by atoms with E-state index in [4.69, 9.17) is 0 Å². The molecule has 2 fully saturated rings. The predicted molar refractivity (Wildman–Crippen MR) is 38.3 cm³/mol. The van der Waals surface area contributed by atoms with E-state index in [1.54, 1.807) is 0 Å². The zero-order chi connectivity index (χ0) is 6.27. The third-order valence-electron chi connectivity index (χ3n) is 3.11. The van der Waals surface area contributed by atoms with Gasteiger partial charge in [-0.2, -0.15) is 0 Å². The van der Waals surface area contributed by atoms with Crippen molar-refractivity contribution in [3.05, 3.63) is 0 Å². The van der Waals surface area contributed by atoms with Crippen molar-refractivity contribution < 1.29 is 0 Å². The Morgan fingerprint density at radius 1 is 1.22 bits per heavy atom. The topological polar surface area (TPSA) is 12.0 Å². The highest BCUT2D eigenvalue weighted by Crippen LogP contribution is 2.44. The molecule has 2 aliphatic rings. The van der Waals surface area contributed by atoms with Crippen LogP contribution in [0.1, 0.15) is 25.7 Å². The van der Waals surface area contributed by atoms with Crippen LogP contribution in [0.3, 0.4) is 0 Å². The lowest BCUT2D eigenvalue weighted by Crippen LogP contribution is -2.30. The van der Waals surface area contributed by atoms with Crippen LogP contribution in [-0.2, 0) is 0 Å². The maximum absolute atomic E-state index is 3.40. The molecule has 0 amide bonds. The smallest absolute Gasteiger partial charge is 0.00950 e. The number of rotatable bonds is 1. The average molecular weight is 125 g/mol. The Hall–Kier alpha value is -0.0400. The molecule has 2 aliphatic carbocycles. The molecule has 2 bridgehead atoms. The summed E-state index contributed by atoms with van der Waals surface area (Å²) in [6.07, 6.45) is 5.99. The van der Waals surface area contributed by atoms with Gasteiger partial charge in [0.25, 0.3) is 0 Å². The fourth-order valence-corrected chi connectivity index (χ4v) is 2.60. The Labute approximate surface area is 56.8 Å². The average Bonchev–Trinajstić information content (AvgIpc) is 2.45. The molecule has 0 heterocycles. The van der Waals surface area contributed by atoms with Gasteiger partial charge in [0, 0.05) is 6.04 Å². The molecule has 0 aromatic carbocycles. The quantitative estimate of drug-likeness (QED) is 0.558. The minimum absolute atomic E-state index is 0.878. The summed E-state index contributed by atoms with van der Waals surface area (Å²) in [5.41, 5.74) is 0. The highest BCUT2D eigenvalue weighted by Gasteiger charge is 2.38. The molecule has 1 heteroatoms. The highest BCUT2D eigenvalue weighted by atomic mass is 14.9. The normalized spacial score (nSPS) is 48.3. The van der Waals surface area contributed by atoms with Gasteiger partial charge in [-0.1, -0.05) is 6.42 Å². The maximum Gasteiger partial charge on any atom is 0.00950 e. The van der Waals surface area contributed by atoms with Crippen molar-refractivity contribution in [1.82, 2.24) is 5.32 Å². The van der Waals surface area contributed by atoms with Crippen LogP contribution in [0.2, 0.25) is 0 Å². The Kier molecular flexibility index (Phi) is 1.26. The molecule has 0 aromatic heterocycles. The number of fused-ring (bicyclic) bond motifs is 2. The Morgan fingerprint density at radius 2 is 2.11 bits per heavy atom. The summed E-state index contributed by atoms with van der Waals surface area (Å²) < 4.78 is 0. The van der Waals surface area contributed by atoms with E-state index in [0.29, 0.717) is 0 Å². The molecule has 0 radical (unpaired) electrons. The first-order chi connectivity index (χ1) is 4.40. The summed E-state index contributed by atoms with van der Waals surface area (Å²) in [7, 11) is 2.10. The van der Waals surface area contributed by atoms with E-state index in [0.717, 1.165) is 17.9 Å². The van der Waals surface area contributed by atoms with E-state index in [9.17, 15) is 0 Å². The lowest BCUT2D eigenvalue weighted by atomic mass is 9.96. The largest absolute Gasteiger partial charge is 0.317 e. The standard InChI is InChI=1S/C8H15N/c1-9-8-5-6-2-3-7(8)4-6/h6-9H,2-5H2,1H3/t6-,7+,8?/m0/s1. The molecule has 1 N–H and O–H groups in total. The molecule has 0 spiro atoms. The predicted octanol–water partition coefficient (Wildman–Crippen LogP) is 1.39. The Bertz CT molecular complexity index is 111. The molecular weight excluding hydrogens is 110 g/mol. The molecule has 9 heavy (non-hydrogen) atoms. The van der Waals surface area contributed by atoms with Crippen LogP contribution in [0, 0.1) is 11.8 Å². The van der Waals surface area contributed by atoms with E-state index in [2.05, 4.69) is 12.4 Å². The molecular formula is C8H15N. The lowest BCUT2D eigenvalue weighted by molar-refractivity contribution is 0.372. The molecule has 1 nitrogen and oxygen atoms in total. The molecule has 2 saturated carbocycles. The van der Waals surface area contributed by atoms with E-state index < -0.39 is 0 Å². The molecule has 0 aliphatic heterocycles. The number of nitrogens with one attached hydrogen (secondary N) is 1. The van der Waals surface area contributed by atoms with Crippen LogP contribution in [-0.4, -0.2) is 13.1 Å². The summed E-state index contributed by atoms with van der Waals surface area (Å²) in [5, 5.41) is 3.40. The van der Waals surface area contributed by atoms with Gasteiger partial charge in [0.1, 0.15) is 0 Å². The van der Waals surface area contributed by atoms with Crippen LogP contribution < -0.4 is 5.32 Å². The molecule has 2 rings (SSSR count). The maximum atomic E-state index is 3.40. The second-order valence-electron chi connectivity index (χ2n) is 3.57. The summed E-state index contributed by atoms with van der Waals surface area (Å²) in [4.78, 5) is 0. The van der Waals surface area contributed by atoms with Crippen molar-refractivity contribution >= 4 is 0 Å². The van der Waals surface area contributed by atoms with Crippen LogP contribution in [0.5, 0.6) is 0 Å². The van der Waals surface area contributed by atoms with Gasteiger partial charge in [-0.25, -0.2) is 0 Å². The van der Waals surface area contributed by atoms with Crippen molar-refractivity contribution in [1.29, 1.82) is 0 Å². The van der Waals surface area contributed by atoms with Crippen molar-refractivity contribution in [2.24, 2.45) is 11.8 Å². The summed E-state index contributed by atoms with van der Waals surface area (Å²) >= 11 is 0. The van der Waals surface area contributed by atoms with Gasteiger partial charge >= 0.3 is 0 Å². The molecule has 3 atom stereocenters. The molecule has 52 valence electrons. The van der Waals surface area contributed by atoms with E-state index in [-0.39, 0.29) is 0 Å². The monoisotopic (exact) mass is 125 g/mol. The zero-order valence-electron chi connectivity index (χ0n) is 6.06. The van der Waals surface area contributed by atoms with Gasteiger partial charge in [0.15, 0.2) is 0 Å². The van der Waals surface area contributed by atoms with Crippen molar-refractivity contribution in [3.8, 4) is 0 Å². The first kappa shape index (κ1) is 5.72. The summed E-state index contributed by atoms with van der Waals surface area (Å²) in [6.45, 7) is 0. The van der Waals surface area contributed by atoms with Crippen LogP contribution >= 0.6 is 0 Å². The van der Waals surface area contributed by atoms with Gasteiger partial charge in [-0.3, -0.25) is 0 Å². The van der Waals surface area contributed by atoms with Crippen LogP contribution in [0.25, 0.3) is 0 Å². The van der Waals surface area contributed by atoms with Crippen molar-refractivity contribution in [3.63, 3.8) is 0 Å². The SMILES string of the molecule is CNC1C[C@H]2CC[C@@H]1C2. The Balaban J connectivity index is 2.01. The van der Waals surface area contributed by atoms with E-state index in [1.807, 2.05) is 0 Å². The second-order valence-corrected chi connectivity index (χ2v) is 3.57. The summed E-state index contributed by atoms with van der Waals surface area (Å²) in [5.74, 6) is 2.13. The highest BCUT2D eigenvalue weighted by molar-refractivity contribution is 4.93.